The van der Waals surface area contributed by atoms with Crippen LogP contribution in [0.5, 0.6) is 0 Å². The maximum absolute atomic E-state index is 11.0. The number of hydrogen-bond donors (Lipinski definition) is 3. The number of carbonyl (C=O) groups excluding carboxylic acids is 1. The standard InChI is InChI=1S/C15H12N4.C13H9BrN4.C8H8BrNO.C6H4N2/c1-2-11-6-8-12(9-7-11)14-17-15(19-18-14)13-5-3-4-10-16-13;14-10-6-4-9(5-7-10)12-16-13(18-17-12)11-3-1-2-8-15-11;9-7-3-1-6(2-4-7)8(11)5-10;7-5-6-3-1-2-4-8-6/h2-10H,1H2,(H,17,18,19);1-8H,(H,16,17,18);1-4H,5,10H2;1-4H. The molecule has 4 N–H and O–H groups in total. The van der Waals surface area contributed by atoms with Crippen molar-refractivity contribution in [2.24, 2.45) is 5.73 Å². The number of nitrogens with two attached hydrogens (primary N) is 1. The molecule has 0 atom stereocenters. The van der Waals surface area contributed by atoms with Crippen molar-refractivity contribution in [3.63, 3.8) is 0 Å². The van der Waals surface area contributed by atoms with Crippen LogP contribution in [0.3, 0.4) is 0 Å². The van der Waals surface area contributed by atoms with E-state index in [9.17, 15) is 4.79 Å². The molecular formula is C42H33Br2N11O. The number of nitrogens with one attached hydrogen (secondary N) is 2. The van der Waals surface area contributed by atoms with E-state index in [-0.39, 0.29) is 12.3 Å². The van der Waals surface area contributed by atoms with Crippen molar-refractivity contribution < 1.29 is 4.79 Å². The molecule has 14 heteroatoms. The summed E-state index contributed by atoms with van der Waals surface area (Å²) < 4.78 is 2.00. The van der Waals surface area contributed by atoms with Crippen molar-refractivity contribution in [3.8, 4) is 51.9 Å². The highest BCUT2D eigenvalue weighted by Gasteiger charge is 2.09. The Bertz CT molecular complexity index is 2450. The molecule has 0 aliphatic rings. The van der Waals surface area contributed by atoms with Crippen molar-refractivity contribution >= 4 is 43.7 Å². The minimum absolute atomic E-state index is 0.0301. The second-order valence-corrected chi connectivity index (χ2v) is 13.1. The largest absolute Gasteiger partial charge is 0.324 e. The SMILES string of the molecule is Brc1ccc(-c2n[nH]c(-c3ccccn3)n2)cc1.C=Cc1ccc(-c2n[nH]c(-c3ccccn3)n2)cc1.N#Cc1ccccn1.NCC(=O)c1ccc(Br)cc1. The third-order valence-corrected chi connectivity index (χ3v) is 8.48. The summed E-state index contributed by atoms with van der Waals surface area (Å²) in [4.78, 5) is 32.1. The van der Waals surface area contributed by atoms with E-state index in [1.807, 2.05) is 103 Å². The van der Waals surface area contributed by atoms with Crippen LogP contribution in [0.1, 0.15) is 21.6 Å². The number of carbonyl (C=O) groups is 1. The van der Waals surface area contributed by atoms with Gasteiger partial charge in [-0.05, 0) is 66.2 Å². The fraction of sp³-hybridized carbons (Fsp3) is 0.0238. The average Bonchev–Trinajstić information content (AvgIpc) is 3.98. The van der Waals surface area contributed by atoms with E-state index in [2.05, 4.69) is 83.8 Å². The van der Waals surface area contributed by atoms with Gasteiger partial charge < -0.3 is 5.73 Å². The van der Waals surface area contributed by atoms with Crippen LogP contribution in [0.2, 0.25) is 0 Å². The molecule has 0 spiro atoms. The number of H-pyrrole nitrogens is 2. The molecule has 276 valence electrons. The third kappa shape index (κ3) is 12.1. The predicted molar refractivity (Wildman–Crippen MR) is 224 cm³/mol. The van der Waals surface area contributed by atoms with Gasteiger partial charge in [0.15, 0.2) is 29.1 Å². The minimum Gasteiger partial charge on any atom is -0.324 e. The predicted octanol–water partition coefficient (Wildman–Crippen LogP) is 9.02. The summed E-state index contributed by atoms with van der Waals surface area (Å²) in [7, 11) is 0. The van der Waals surface area contributed by atoms with Crippen LogP contribution in [0, 0.1) is 11.3 Å². The highest BCUT2D eigenvalue weighted by Crippen LogP contribution is 2.21. The highest BCUT2D eigenvalue weighted by molar-refractivity contribution is 9.10. The van der Waals surface area contributed by atoms with Gasteiger partial charge in [-0.25, -0.2) is 15.0 Å². The Morgan fingerprint density at radius 3 is 1.52 bits per heavy atom. The van der Waals surface area contributed by atoms with E-state index in [4.69, 9.17) is 11.0 Å². The molecule has 56 heavy (non-hydrogen) atoms. The van der Waals surface area contributed by atoms with E-state index < -0.39 is 0 Å². The number of rotatable bonds is 7. The zero-order chi connectivity index (χ0) is 39.5. The Morgan fingerprint density at radius 2 is 1.12 bits per heavy atom. The van der Waals surface area contributed by atoms with E-state index in [0.717, 1.165) is 37.0 Å². The number of nitrogens with zero attached hydrogens (tertiary/aromatic N) is 8. The zero-order valence-corrected chi connectivity index (χ0v) is 32.8. The minimum atomic E-state index is -0.0301. The summed E-state index contributed by atoms with van der Waals surface area (Å²) in [5.74, 6) is 2.65. The second kappa shape index (κ2) is 21.2. The molecule has 0 saturated heterocycles. The van der Waals surface area contributed by atoms with Crippen molar-refractivity contribution in [1.29, 1.82) is 5.26 Å². The molecule has 0 aliphatic carbocycles. The lowest BCUT2D eigenvalue weighted by Crippen LogP contribution is -2.13. The molecule has 0 aliphatic heterocycles. The number of Topliss-reactive ketones (excluding diaryl/α,β-unsaturated/α-hetero) is 1. The van der Waals surface area contributed by atoms with E-state index in [1.54, 1.807) is 55.0 Å². The Balaban J connectivity index is 0.000000150. The quantitative estimate of drug-likeness (QED) is 0.130. The molecule has 3 aromatic carbocycles. The fourth-order valence-electron chi connectivity index (χ4n) is 4.57. The van der Waals surface area contributed by atoms with Crippen molar-refractivity contribution in [1.82, 2.24) is 45.3 Å². The van der Waals surface area contributed by atoms with Gasteiger partial charge >= 0.3 is 0 Å². The number of halogens is 2. The Morgan fingerprint density at radius 1 is 0.661 bits per heavy atom. The van der Waals surface area contributed by atoms with Gasteiger partial charge in [0.05, 0.1) is 6.54 Å². The monoisotopic (exact) mass is 865 g/mol. The van der Waals surface area contributed by atoms with Gasteiger partial charge in [0.1, 0.15) is 23.2 Å². The number of benzene rings is 3. The van der Waals surface area contributed by atoms with E-state index in [1.165, 1.54) is 0 Å². The van der Waals surface area contributed by atoms with Crippen LogP contribution in [-0.4, -0.2) is 57.6 Å². The van der Waals surface area contributed by atoms with Crippen LogP contribution in [-0.2, 0) is 0 Å². The maximum atomic E-state index is 11.0. The van der Waals surface area contributed by atoms with E-state index in [0.29, 0.717) is 34.6 Å². The van der Waals surface area contributed by atoms with Gasteiger partial charge in [0, 0.05) is 44.2 Å². The van der Waals surface area contributed by atoms with Crippen molar-refractivity contribution in [3.05, 3.63) is 178 Å². The number of nitriles is 1. The molecule has 12 nitrogen and oxygen atoms in total. The van der Waals surface area contributed by atoms with Crippen molar-refractivity contribution in [2.45, 2.75) is 0 Å². The second-order valence-electron chi connectivity index (χ2n) is 11.2. The van der Waals surface area contributed by atoms with Crippen molar-refractivity contribution in [2.75, 3.05) is 6.54 Å². The summed E-state index contributed by atoms with van der Waals surface area (Å²) in [5, 5.41) is 22.4. The number of ketones is 1. The van der Waals surface area contributed by atoms with Crippen LogP contribution in [0.15, 0.2) is 162 Å². The molecule has 0 fully saturated rings. The Hall–Kier alpha value is -6.79. The first-order valence-electron chi connectivity index (χ1n) is 16.8. The molecule has 0 unspecified atom stereocenters. The van der Waals surface area contributed by atoms with Gasteiger partial charge in [0.2, 0.25) is 0 Å². The van der Waals surface area contributed by atoms with Crippen LogP contribution < -0.4 is 5.73 Å². The van der Waals surface area contributed by atoms with Gasteiger partial charge in [-0.2, -0.15) is 15.5 Å². The van der Waals surface area contributed by atoms with Crippen LogP contribution in [0.25, 0.3) is 51.9 Å². The fourth-order valence-corrected chi connectivity index (χ4v) is 5.10. The lowest BCUT2D eigenvalue weighted by molar-refractivity contribution is 0.100. The summed E-state index contributed by atoms with van der Waals surface area (Å²) in [5.41, 5.74) is 10.9. The third-order valence-electron chi connectivity index (χ3n) is 7.42. The first-order valence-corrected chi connectivity index (χ1v) is 18.4. The normalized spacial score (nSPS) is 9.89. The number of aromatic amines is 2. The molecule has 8 aromatic rings. The summed E-state index contributed by atoms with van der Waals surface area (Å²) >= 11 is 6.68. The molecule has 0 radical (unpaired) electrons. The molecule has 5 heterocycles. The molecule has 0 saturated carbocycles. The summed E-state index contributed by atoms with van der Waals surface area (Å²) in [6.07, 6.45) is 6.87. The van der Waals surface area contributed by atoms with Gasteiger partial charge in [-0.1, -0.05) is 111 Å². The topological polar surface area (TPSA) is 189 Å². The highest BCUT2D eigenvalue weighted by atomic mass is 79.9. The lowest BCUT2D eigenvalue weighted by atomic mass is 10.1. The average molecular weight is 868 g/mol. The number of pyridine rings is 3. The first kappa shape index (κ1) is 40.4. The lowest BCUT2D eigenvalue weighted by Gasteiger charge is -1.96. The first-order chi connectivity index (χ1) is 27.4. The number of aromatic nitrogens is 9. The number of hydrogen-bond acceptors (Lipinski definition) is 10. The van der Waals surface area contributed by atoms with Crippen LogP contribution in [0.4, 0.5) is 0 Å². The summed E-state index contributed by atoms with van der Waals surface area (Å²) in [6, 6.07) is 41.4. The Labute approximate surface area is 340 Å². The van der Waals surface area contributed by atoms with Gasteiger partial charge in [-0.3, -0.25) is 25.0 Å². The Kier molecular flexibility index (Phi) is 15.3. The molecule has 0 amide bonds. The smallest absolute Gasteiger partial charge is 0.181 e. The summed E-state index contributed by atoms with van der Waals surface area (Å²) in [6.45, 7) is 3.80. The maximum Gasteiger partial charge on any atom is 0.181 e. The van der Waals surface area contributed by atoms with Gasteiger partial charge in [0.25, 0.3) is 0 Å². The van der Waals surface area contributed by atoms with Gasteiger partial charge in [-0.15, -0.1) is 0 Å². The molecular weight excluding hydrogens is 834 g/mol. The molecule has 8 rings (SSSR count). The molecule has 5 aromatic heterocycles. The van der Waals surface area contributed by atoms with E-state index >= 15 is 0 Å². The zero-order valence-electron chi connectivity index (χ0n) is 29.7. The van der Waals surface area contributed by atoms with Crippen LogP contribution >= 0.6 is 31.9 Å². The molecule has 0 bridgehead atoms.